The van der Waals surface area contributed by atoms with Crippen molar-refractivity contribution >= 4 is 23.4 Å². The van der Waals surface area contributed by atoms with Crippen molar-refractivity contribution in [1.29, 1.82) is 0 Å². The number of halogens is 1. The molecule has 2 fully saturated rings. The smallest absolute Gasteiger partial charge is 0.104 e. The van der Waals surface area contributed by atoms with Crippen molar-refractivity contribution in [2.75, 3.05) is 0 Å². The van der Waals surface area contributed by atoms with Crippen molar-refractivity contribution in [3.8, 4) is 0 Å². The van der Waals surface area contributed by atoms with Crippen LogP contribution >= 0.6 is 23.4 Å². The molecule has 2 aliphatic heterocycles. The third-order valence-corrected chi connectivity index (χ3v) is 7.31. The van der Waals surface area contributed by atoms with Gasteiger partial charge in [-0.3, -0.25) is 0 Å². The monoisotopic (exact) mass is 374 g/mol. The number of hydrogen-bond acceptors (Lipinski definition) is 3. The first-order valence-corrected chi connectivity index (χ1v) is 10.2. The van der Waals surface area contributed by atoms with Crippen LogP contribution in [0.5, 0.6) is 0 Å². The van der Waals surface area contributed by atoms with Gasteiger partial charge in [0.1, 0.15) is 6.10 Å². The minimum Gasteiger partial charge on any atom is -0.369 e. The third kappa shape index (κ3) is 3.61. The highest BCUT2D eigenvalue weighted by Gasteiger charge is 2.56. The molecule has 132 valence electrons. The Bertz CT molecular complexity index is 696. The molecular formula is C21H23ClO2S. The fourth-order valence-electron chi connectivity index (χ4n) is 3.78. The van der Waals surface area contributed by atoms with Crippen molar-refractivity contribution in [2.24, 2.45) is 0 Å². The van der Waals surface area contributed by atoms with E-state index in [9.17, 15) is 0 Å². The number of alkyl halides is 1. The van der Waals surface area contributed by atoms with Crippen LogP contribution in [0.25, 0.3) is 0 Å². The molecule has 0 radical (unpaired) electrons. The lowest BCUT2D eigenvalue weighted by Crippen LogP contribution is -2.48. The van der Waals surface area contributed by atoms with Crippen LogP contribution in [0.3, 0.4) is 0 Å². The van der Waals surface area contributed by atoms with E-state index in [1.54, 1.807) is 0 Å². The van der Waals surface area contributed by atoms with E-state index in [0.29, 0.717) is 6.61 Å². The zero-order valence-electron chi connectivity index (χ0n) is 14.3. The maximum absolute atomic E-state index is 6.87. The zero-order chi connectivity index (χ0) is 17.3. The Balaban J connectivity index is 1.45. The standard InChI is InChI=1S/C21H23ClO2S/c1-21(23-14-15-8-4-2-5-9-15)13-12-17-19(18(22)20(21)24-17)25-16-10-6-3-7-11-16/h2-11,17-20H,12-14H2,1H3/t17-,18+,19-,20-,21-/m0/s1. The van der Waals surface area contributed by atoms with E-state index in [1.807, 2.05) is 36.0 Å². The second-order valence-corrected chi connectivity index (χ2v) is 8.82. The van der Waals surface area contributed by atoms with Crippen LogP contribution in [0.4, 0.5) is 0 Å². The number of thioether (sulfide) groups is 1. The molecular weight excluding hydrogens is 352 g/mol. The van der Waals surface area contributed by atoms with Gasteiger partial charge in [-0.05, 0) is 37.5 Å². The van der Waals surface area contributed by atoms with Gasteiger partial charge >= 0.3 is 0 Å². The van der Waals surface area contributed by atoms with Gasteiger partial charge in [0.2, 0.25) is 0 Å². The van der Waals surface area contributed by atoms with E-state index in [-0.39, 0.29) is 28.4 Å². The summed E-state index contributed by atoms with van der Waals surface area (Å²) in [5.41, 5.74) is 0.857. The van der Waals surface area contributed by atoms with Crippen molar-refractivity contribution in [3.63, 3.8) is 0 Å². The first kappa shape index (κ1) is 17.4. The van der Waals surface area contributed by atoms with Gasteiger partial charge in [-0.25, -0.2) is 0 Å². The fraction of sp³-hybridized carbons (Fsp3) is 0.429. The molecule has 4 heteroatoms. The van der Waals surface area contributed by atoms with Gasteiger partial charge in [0.25, 0.3) is 0 Å². The summed E-state index contributed by atoms with van der Waals surface area (Å²) in [5, 5.41) is 0.231. The number of fused-ring (bicyclic) bond motifs is 2. The molecule has 0 saturated carbocycles. The summed E-state index contributed by atoms with van der Waals surface area (Å²) < 4.78 is 12.7. The van der Waals surface area contributed by atoms with Crippen LogP contribution in [0.2, 0.25) is 0 Å². The number of hydrogen-bond donors (Lipinski definition) is 0. The Labute approximate surface area is 158 Å². The second-order valence-electron chi connectivity index (χ2n) is 7.06. The predicted molar refractivity (Wildman–Crippen MR) is 103 cm³/mol. The molecule has 0 amide bonds. The molecule has 2 aromatic carbocycles. The maximum atomic E-state index is 6.87. The molecule has 2 heterocycles. The van der Waals surface area contributed by atoms with Crippen LogP contribution < -0.4 is 0 Å². The maximum Gasteiger partial charge on any atom is 0.104 e. The van der Waals surface area contributed by atoms with Gasteiger partial charge in [0.05, 0.1) is 28.9 Å². The van der Waals surface area contributed by atoms with Gasteiger partial charge in [0.15, 0.2) is 0 Å². The van der Waals surface area contributed by atoms with E-state index in [2.05, 4.69) is 43.3 Å². The lowest BCUT2D eigenvalue weighted by Gasteiger charge is -2.39. The number of rotatable bonds is 5. The molecule has 0 N–H and O–H groups in total. The van der Waals surface area contributed by atoms with Crippen LogP contribution in [-0.4, -0.2) is 28.4 Å². The van der Waals surface area contributed by atoms with E-state index in [4.69, 9.17) is 21.1 Å². The summed E-state index contributed by atoms with van der Waals surface area (Å²) in [5.74, 6) is 0. The molecule has 2 aromatic rings. The van der Waals surface area contributed by atoms with Crippen molar-refractivity contribution < 1.29 is 9.47 Å². The molecule has 4 rings (SSSR count). The average Bonchev–Trinajstić information content (AvgIpc) is 2.93. The van der Waals surface area contributed by atoms with Crippen molar-refractivity contribution in [1.82, 2.24) is 0 Å². The van der Waals surface area contributed by atoms with E-state index >= 15 is 0 Å². The lowest BCUT2D eigenvalue weighted by molar-refractivity contribution is -0.170. The predicted octanol–water partition coefficient (Wildman–Crippen LogP) is 5.29. The quantitative estimate of drug-likeness (QED) is 0.662. The lowest BCUT2D eigenvalue weighted by atomic mass is 9.91. The summed E-state index contributed by atoms with van der Waals surface area (Å²) in [4.78, 5) is 1.25. The minimum atomic E-state index is -0.329. The van der Waals surface area contributed by atoms with E-state index < -0.39 is 0 Å². The highest BCUT2D eigenvalue weighted by molar-refractivity contribution is 8.00. The minimum absolute atomic E-state index is 0.0431. The van der Waals surface area contributed by atoms with Crippen molar-refractivity contribution in [2.45, 2.75) is 59.7 Å². The van der Waals surface area contributed by atoms with Gasteiger partial charge in [-0.2, -0.15) is 0 Å². The highest BCUT2D eigenvalue weighted by atomic mass is 35.5. The fourth-order valence-corrected chi connectivity index (χ4v) is 5.67. The Morgan fingerprint density at radius 1 is 1.12 bits per heavy atom. The summed E-state index contributed by atoms with van der Waals surface area (Å²) in [6.45, 7) is 2.75. The first-order chi connectivity index (χ1) is 12.2. The van der Waals surface area contributed by atoms with Crippen LogP contribution in [-0.2, 0) is 16.1 Å². The van der Waals surface area contributed by atoms with Gasteiger partial charge in [-0.15, -0.1) is 23.4 Å². The number of ether oxygens (including phenoxy) is 2. The first-order valence-electron chi connectivity index (χ1n) is 8.85. The molecule has 0 aliphatic carbocycles. The molecule has 2 saturated heterocycles. The molecule has 0 unspecified atom stereocenters. The summed E-state index contributed by atoms with van der Waals surface area (Å²) in [6.07, 6.45) is 2.14. The van der Waals surface area contributed by atoms with Crippen LogP contribution in [0.15, 0.2) is 65.6 Å². The molecule has 2 bridgehead atoms. The van der Waals surface area contributed by atoms with Crippen LogP contribution in [0, 0.1) is 0 Å². The van der Waals surface area contributed by atoms with Gasteiger partial charge in [0, 0.05) is 4.90 Å². The van der Waals surface area contributed by atoms with E-state index in [1.165, 1.54) is 10.5 Å². The van der Waals surface area contributed by atoms with Crippen molar-refractivity contribution in [3.05, 3.63) is 66.2 Å². The molecule has 2 aliphatic rings. The average molecular weight is 375 g/mol. The third-order valence-electron chi connectivity index (χ3n) is 5.24. The molecule has 0 spiro atoms. The normalized spacial score (nSPS) is 34.2. The Morgan fingerprint density at radius 3 is 2.52 bits per heavy atom. The van der Waals surface area contributed by atoms with Crippen LogP contribution in [0.1, 0.15) is 25.3 Å². The molecule has 2 nitrogen and oxygen atoms in total. The summed E-state index contributed by atoms with van der Waals surface area (Å²) in [6, 6.07) is 20.8. The zero-order valence-corrected chi connectivity index (χ0v) is 15.9. The Hall–Kier alpha value is -1.00. The van der Waals surface area contributed by atoms with Gasteiger partial charge < -0.3 is 9.47 Å². The summed E-state index contributed by atoms with van der Waals surface area (Å²) >= 11 is 8.71. The molecule has 25 heavy (non-hydrogen) atoms. The highest BCUT2D eigenvalue weighted by Crippen LogP contribution is 2.49. The Kier molecular flexibility index (Phi) is 5.10. The topological polar surface area (TPSA) is 18.5 Å². The molecule has 0 aromatic heterocycles. The van der Waals surface area contributed by atoms with Gasteiger partial charge in [-0.1, -0.05) is 48.5 Å². The second kappa shape index (κ2) is 7.32. The SMILES string of the molecule is C[C@]1(OCc2ccccc2)CC[C@@H]2O[C@H]1[C@H](Cl)[C@H]2Sc1ccccc1. The number of benzene rings is 2. The Morgan fingerprint density at radius 2 is 1.80 bits per heavy atom. The van der Waals surface area contributed by atoms with E-state index in [0.717, 1.165) is 12.8 Å². The summed E-state index contributed by atoms with van der Waals surface area (Å²) in [7, 11) is 0. The molecule has 5 atom stereocenters. The largest absolute Gasteiger partial charge is 0.369 e.